The summed E-state index contributed by atoms with van der Waals surface area (Å²) in [4.78, 5) is 23.8. The highest BCUT2D eigenvalue weighted by Crippen LogP contribution is 2.36. The van der Waals surface area contributed by atoms with Crippen molar-refractivity contribution in [3.8, 4) is 5.75 Å². The zero-order valence-electron chi connectivity index (χ0n) is 13.4. The number of rotatable bonds is 5. The van der Waals surface area contributed by atoms with Crippen LogP contribution in [0.1, 0.15) is 15.9 Å². The van der Waals surface area contributed by atoms with Gasteiger partial charge in [0.15, 0.2) is 6.61 Å². The number of carbonyl (C=O) groups excluding carboxylic acids is 2. The number of ether oxygens (including phenoxy) is 2. The number of anilines is 1. The van der Waals surface area contributed by atoms with Gasteiger partial charge >= 0.3 is 12.1 Å². The number of amides is 1. The average molecular weight is 388 g/mol. The zero-order valence-corrected chi connectivity index (χ0v) is 14.1. The van der Waals surface area contributed by atoms with Gasteiger partial charge in [0.25, 0.3) is 5.91 Å². The maximum absolute atomic E-state index is 12.8. The minimum absolute atomic E-state index is 0.119. The molecule has 1 N–H and O–H groups in total. The van der Waals surface area contributed by atoms with E-state index in [4.69, 9.17) is 21.1 Å². The maximum Gasteiger partial charge on any atom is 0.417 e. The molecule has 0 spiro atoms. The van der Waals surface area contributed by atoms with E-state index in [1.165, 1.54) is 19.2 Å². The van der Waals surface area contributed by atoms with Gasteiger partial charge in [-0.15, -0.1) is 0 Å². The van der Waals surface area contributed by atoms with Crippen molar-refractivity contribution in [2.24, 2.45) is 0 Å². The molecular formula is C17H13ClF3NO4. The lowest BCUT2D eigenvalue weighted by Gasteiger charge is -2.12. The first-order chi connectivity index (χ1) is 12.2. The minimum Gasteiger partial charge on any atom is -0.496 e. The smallest absolute Gasteiger partial charge is 0.417 e. The molecule has 0 aliphatic carbocycles. The zero-order chi connectivity index (χ0) is 19.3. The van der Waals surface area contributed by atoms with Gasteiger partial charge in [-0.05, 0) is 30.3 Å². The third-order valence-corrected chi connectivity index (χ3v) is 3.55. The number of hydrogen-bond donors (Lipinski definition) is 1. The Bertz CT molecular complexity index is 824. The van der Waals surface area contributed by atoms with Crippen LogP contribution in [0, 0.1) is 0 Å². The van der Waals surface area contributed by atoms with Crippen LogP contribution in [0.2, 0.25) is 5.02 Å². The van der Waals surface area contributed by atoms with E-state index in [1.807, 2.05) is 0 Å². The molecule has 0 aliphatic heterocycles. The Morgan fingerprint density at radius 2 is 1.85 bits per heavy atom. The van der Waals surface area contributed by atoms with Crippen LogP contribution in [0.15, 0.2) is 42.5 Å². The number of halogens is 4. The van der Waals surface area contributed by atoms with Crippen molar-refractivity contribution in [3.63, 3.8) is 0 Å². The Balaban J connectivity index is 2.00. The van der Waals surface area contributed by atoms with Gasteiger partial charge in [0.05, 0.1) is 17.7 Å². The van der Waals surface area contributed by atoms with E-state index in [2.05, 4.69) is 5.32 Å². The highest BCUT2D eigenvalue weighted by atomic mass is 35.5. The second kappa shape index (κ2) is 8.09. The number of benzene rings is 2. The molecular weight excluding hydrogens is 375 g/mol. The summed E-state index contributed by atoms with van der Waals surface area (Å²) >= 11 is 5.50. The number of carbonyl (C=O) groups is 2. The molecule has 26 heavy (non-hydrogen) atoms. The highest BCUT2D eigenvalue weighted by Gasteiger charge is 2.33. The van der Waals surface area contributed by atoms with Gasteiger partial charge in [0.1, 0.15) is 11.3 Å². The monoisotopic (exact) mass is 387 g/mol. The quantitative estimate of drug-likeness (QED) is 0.782. The summed E-state index contributed by atoms with van der Waals surface area (Å²) in [7, 11) is 1.37. The molecule has 0 heterocycles. The summed E-state index contributed by atoms with van der Waals surface area (Å²) < 4.78 is 48.3. The molecule has 2 aromatic carbocycles. The molecule has 0 saturated carbocycles. The lowest BCUT2D eigenvalue weighted by Crippen LogP contribution is -2.21. The third kappa shape index (κ3) is 4.89. The second-order valence-electron chi connectivity index (χ2n) is 5.02. The molecule has 2 rings (SSSR count). The molecule has 1 amide bonds. The molecule has 2 aromatic rings. The van der Waals surface area contributed by atoms with Crippen molar-refractivity contribution in [1.29, 1.82) is 0 Å². The molecule has 0 radical (unpaired) electrons. The van der Waals surface area contributed by atoms with Gasteiger partial charge < -0.3 is 14.8 Å². The second-order valence-corrected chi connectivity index (χ2v) is 5.42. The number of hydrogen-bond acceptors (Lipinski definition) is 4. The van der Waals surface area contributed by atoms with E-state index in [0.29, 0.717) is 6.07 Å². The predicted octanol–water partition coefficient (Wildman–Crippen LogP) is 4.16. The summed E-state index contributed by atoms with van der Waals surface area (Å²) in [5.41, 5.74) is -1.09. The summed E-state index contributed by atoms with van der Waals surface area (Å²) in [6, 6.07) is 9.16. The fourth-order valence-electron chi connectivity index (χ4n) is 2.04. The van der Waals surface area contributed by atoms with Gasteiger partial charge in [-0.25, -0.2) is 4.79 Å². The van der Waals surface area contributed by atoms with Gasteiger partial charge in [0, 0.05) is 5.69 Å². The molecule has 138 valence electrons. The fourth-order valence-corrected chi connectivity index (χ4v) is 2.26. The number of esters is 1. The first-order valence-corrected chi connectivity index (χ1v) is 7.57. The molecule has 0 bridgehead atoms. The van der Waals surface area contributed by atoms with Crippen LogP contribution in [-0.2, 0) is 15.7 Å². The van der Waals surface area contributed by atoms with Crippen LogP contribution in [0.3, 0.4) is 0 Å². The van der Waals surface area contributed by atoms with E-state index in [-0.39, 0.29) is 17.0 Å². The normalized spacial score (nSPS) is 11.0. The van der Waals surface area contributed by atoms with E-state index in [0.717, 1.165) is 6.07 Å². The number of methoxy groups -OCH3 is 1. The Hall–Kier alpha value is -2.74. The first kappa shape index (κ1) is 19.6. The first-order valence-electron chi connectivity index (χ1n) is 7.19. The van der Waals surface area contributed by atoms with E-state index in [1.54, 1.807) is 18.2 Å². The maximum atomic E-state index is 12.8. The Morgan fingerprint density at radius 3 is 2.50 bits per heavy atom. The van der Waals surface area contributed by atoms with Crippen molar-refractivity contribution in [1.82, 2.24) is 0 Å². The summed E-state index contributed by atoms with van der Waals surface area (Å²) in [5, 5.41) is 1.72. The standard InChI is InChI=1S/C17H13ClF3NO4/c1-25-14-5-3-2-4-11(14)16(24)26-9-15(23)22-10-6-7-13(18)12(8-10)17(19,20)21/h2-8H,9H2,1H3,(H,22,23). The van der Waals surface area contributed by atoms with Crippen molar-refractivity contribution in [2.45, 2.75) is 6.18 Å². The number of nitrogens with one attached hydrogen (secondary N) is 1. The molecule has 0 aliphatic rings. The third-order valence-electron chi connectivity index (χ3n) is 3.22. The number of para-hydroxylation sites is 1. The minimum atomic E-state index is -4.66. The topological polar surface area (TPSA) is 64.6 Å². The lowest BCUT2D eigenvalue weighted by molar-refractivity contribution is -0.137. The van der Waals surface area contributed by atoms with Crippen molar-refractivity contribution in [2.75, 3.05) is 19.0 Å². The molecule has 0 unspecified atom stereocenters. The van der Waals surface area contributed by atoms with Crippen LogP contribution in [0.25, 0.3) is 0 Å². The molecule has 0 aromatic heterocycles. The predicted molar refractivity (Wildman–Crippen MR) is 88.4 cm³/mol. The lowest BCUT2D eigenvalue weighted by atomic mass is 10.2. The molecule has 9 heteroatoms. The van der Waals surface area contributed by atoms with Crippen LogP contribution in [0.5, 0.6) is 5.75 Å². The fraction of sp³-hybridized carbons (Fsp3) is 0.176. The largest absolute Gasteiger partial charge is 0.496 e. The van der Waals surface area contributed by atoms with Crippen LogP contribution in [0.4, 0.5) is 18.9 Å². The van der Waals surface area contributed by atoms with Gasteiger partial charge in [0.2, 0.25) is 0 Å². The van der Waals surface area contributed by atoms with E-state index < -0.39 is 35.2 Å². The van der Waals surface area contributed by atoms with Crippen LogP contribution < -0.4 is 10.1 Å². The Labute approximate surface area is 151 Å². The average Bonchev–Trinajstić information content (AvgIpc) is 2.60. The van der Waals surface area contributed by atoms with E-state index >= 15 is 0 Å². The van der Waals surface area contributed by atoms with Crippen LogP contribution >= 0.6 is 11.6 Å². The number of alkyl halides is 3. The molecule has 5 nitrogen and oxygen atoms in total. The van der Waals surface area contributed by atoms with Crippen LogP contribution in [-0.4, -0.2) is 25.6 Å². The van der Waals surface area contributed by atoms with E-state index in [9.17, 15) is 22.8 Å². The summed E-state index contributed by atoms with van der Waals surface area (Å²) in [6.07, 6.45) is -4.66. The van der Waals surface area contributed by atoms with Gasteiger partial charge in [-0.2, -0.15) is 13.2 Å². The summed E-state index contributed by atoms with van der Waals surface area (Å²) in [5.74, 6) is -1.33. The SMILES string of the molecule is COc1ccccc1C(=O)OCC(=O)Nc1ccc(Cl)c(C(F)(F)F)c1. The highest BCUT2D eigenvalue weighted by molar-refractivity contribution is 6.31. The van der Waals surface area contributed by atoms with Crippen molar-refractivity contribution in [3.05, 3.63) is 58.6 Å². The molecule has 0 fully saturated rings. The van der Waals surface area contributed by atoms with Gasteiger partial charge in [-0.3, -0.25) is 4.79 Å². The molecule has 0 saturated heterocycles. The van der Waals surface area contributed by atoms with Crippen molar-refractivity contribution >= 4 is 29.2 Å². The van der Waals surface area contributed by atoms with Gasteiger partial charge in [-0.1, -0.05) is 23.7 Å². The Morgan fingerprint density at radius 1 is 1.15 bits per heavy atom. The Kier molecular flexibility index (Phi) is 6.10. The summed E-state index contributed by atoms with van der Waals surface area (Å²) in [6.45, 7) is -0.680. The molecule has 0 atom stereocenters. The van der Waals surface area contributed by atoms with Crippen molar-refractivity contribution < 1.29 is 32.2 Å².